The van der Waals surface area contributed by atoms with Crippen LogP contribution < -0.4 is 10.9 Å². The van der Waals surface area contributed by atoms with Gasteiger partial charge < -0.3 is 19.5 Å². The zero-order chi connectivity index (χ0) is 25.6. The molecular formula is C28H46N3O4+. The van der Waals surface area contributed by atoms with Gasteiger partial charge in [0.1, 0.15) is 24.3 Å². The quantitative estimate of drug-likeness (QED) is 0.429. The topological polar surface area (TPSA) is 88.3 Å². The number of aromatic amines is 1. The number of ether oxygens (including phenoxy) is 1. The minimum atomic E-state index is -1.24. The van der Waals surface area contributed by atoms with Gasteiger partial charge in [0.05, 0.1) is 21.1 Å². The lowest BCUT2D eigenvalue weighted by Crippen LogP contribution is -2.52. The molecule has 2 aliphatic carbocycles. The maximum absolute atomic E-state index is 13.6. The highest BCUT2D eigenvalue weighted by molar-refractivity contribution is 5.99. The van der Waals surface area contributed by atoms with E-state index in [9.17, 15) is 14.4 Å². The number of rotatable bonds is 8. The molecule has 196 valence electrons. The second-order valence-electron chi connectivity index (χ2n) is 12.1. The third-order valence-electron chi connectivity index (χ3n) is 7.50. The molecule has 2 aliphatic rings. The van der Waals surface area contributed by atoms with Crippen molar-refractivity contribution < 1.29 is 18.8 Å². The van der Waals surface area contributed by atoms with Crippen molar-refractivity contribution in [2.75, 3.05) is 34.3 Å². The number of hydrogen-bond acceptors (Lipinski definition) is 4. The summed E-state index contributed by atoms with van der Waals surface area (Å²) in [6, 6.07) is 0. The molecule has 3 rings (SSSR count). The first-order valence-electron chi connectivity index (χ1n) is 13.5. The van der Waals surface area contributed by atoms with Gasteiger partial charge in [-0.3, -0.25) is 9.59 Å². The van der Waals surface area contributed by atoms with E-state index < -0.39 is 17.4 Å². The summed E-state index contributed by atoms with van der Waals surface area (Å²) in [5.41, 5.74) is 1.73. The van der Waals surface area contributed by atoms with Crippen LogP contribution in [0.4, 0.5) is 0 Å². The number of amides is 1. The van der Waals surface area contributed by atoms with Crippen LogP contribution >= 0.6 is 0 Å². The SMILES string of the molecule is CC(C)(NC(=O)c1c(CC2CCCCC2)c2c([nH]c1=O)CCCCCC2)C(=O)OCC[N+](C)(C)C. The molecule has 0 aliphatic heterocycles. The van der Waals surface area contributed by atoms with Gasteiger partial charge >= 0.3 is 5.97 Å². The summed E-state index contributed by atoms with van der Waals surface area (Å²) < 4.78 is 6.14. The number of esters is 1. The molecule has 7 heteroatoms. The third-order valence-corrected chi connectivity index (χ3v) is 7.50. The number of quaternary nitrogens is 1. The van der Waals surface area contributed by atoms with Gasteiger partial charge in [-0.2, -0.15) is 0 Å². The number of nitrogens with one attached hydrogen (secondary N) is 2. The summed E-state index contributed by atoms with van der Waals surface area (Å²) in [4.78, 5) is 42.7. The first kappa shape index (κ1) is 27.4. The Morgan fingerprint density at radius 1 is 1.00 bits per heavy atom. The van der Waals surface area contributed by atoms with Gasteiger partial charge in [-0.15, -0.1) is 0 Å². The van der Waals surface area contributed by atoms with Crippen LogP contribution in [0.15, 0.2) is 4.79 Å². The van der Waals surface area contributed by atoms with E-state index in [4.69, 9.17) is 4.74 Å². The van der Waals surface area contributed by atoms with E-state index in [0.29, 0.717) is 16.9 Å². The Morgan fingerprint density at radius 2 is 1.63 bits per heavy atom. The molecule has 1 aromatic rings. The first-order chi connectivity index (χ1) is 16.5. The van der Waals surface area contributed by atoms with Crippen LogP contribution in [0.1, 0.15) is 98.8 Å². The molecule has 2 N–H and O–H groups in total. The fourth-order valence-electron chi connectivity index (χ4n) is 5.35. The Labute approximate surface area is 210 Å². The van der Waals surface area contributed by atoms with Crippen LogP contribution in [-0.4, -0.2) is 61.2 Å². The number of carbonyl (C=O) groups is 2. The van der Waals surface area contributed by atoms with E-state index in [-0.39, 0.29) is 17.7 Å². The summed E-state index contributed by atoms with van der Waals surface area (Å²) in [6.45, 7) is 4.23. The van der Waals surface area contributed by atoms with E-state index in [0.717, 1.165) is 56.2 Å². The molecule has 35 heavy (non-hydrogen) atoms. The van der Waals surface area contributed by atoms with Crippen LogP contribution in [-0.2, 0) is 28.8 Å². The molecule has 0 spiro atoms. The standard InChI is InChI=1S/C28H45N3O4/c1-28(2,27(34)35-18-17-31(3,4)5)30-26(33)24-22(19-20-13-9-8-10-14-20)21-15-11-6-7-12-16-23(21)29-25(24)32/h20H,6-19H2,1-5H3,(H-,29,30,32,33)/p+1. The molecule has 0 aromatic carbocycles. The molecule has 0 atom stereocenters. The normalized spacial score (nSPS) is 17.7. The Hall–Kier alpha value is -2.15. The fraction of sp³-hybridized carbons (Fsp3) is 0.750. The molecule has 1 fully saturated rings. The van der Waals surface area contributed by atoms with Crippen molar-refractivity contribution in [1.82, 2.24) is 10.3 Å². The largest absolute Gasteiger partial charge is 0.458 e. The summed E-state index contributed by atoms with van der Waals surface area (Å²) in [5.74, 6) is -0.466. The molecule has 7 nitrogen and oxygen atoms in total. The van der Waals surface area contributed by atoms with Crippen molar-refractivity contribution >= 4 is 11.9 Å². The monoisotopic (exact) mass is 488 g/mol. The van der Waals surface area contributed by atoms with Crippen molar-refractivity contribution in [2.24, 2.45) is 5.92 Å². The van der Waals surface area contributed by atoms with Crippen LogP contribution in [0, 0.1) is 5.92 Å². The molecule has 1 saturated carbocycles. The number of likely N-dealkylation sites (N-methyl/N-ethyl adjacent to an activating group) is 1. The zero-order valence-corrected chi connectivity index (χ0v) is 22.6. The predicted octanol–water partition coefficient (Wildman–Crippen LogP) is 3.91. The lowest BCUT2D eigenvalue weighted by Gasteiger charge is -2.28. The number of nitrogens with zero attached hydrogens (tertiary/aromatic N) is 1. The summed E-state index contributed by atoms with van der Waals surface area (Å²) in [5, 5.41) is 2.83. The molecule has 0 bridgehead atoms. The number of H-pyrrole nitrogens is 1. The number of fused-ring (bicyclic) bond motifs is 1. The van der Waals surface area contributed by atoms with Gasteiger partial charge in [0, 0.05) is 5.69 Å². The van der Waals surface area contributed by atoms with Gasteiger partial charge in [-0.05, 0) is 63.0 Å². The Bertz CT molecular complexity index is 952. The van der Waals surface area contributed by atoms with E-state index >= 15 is 0 Å². The zero-order valence-electron chi connectivity index (χ0n) is 22.6. The number of aromatic nitrogens is 1. The van der Waals surface area contributed by atoms with Crippen molar-refractivity contribution in [2.45, 2.75) is 96.4 Å². The minimum absolute atomic E-state index is 0.196. The van der Waals surface area contributed by atoms with Crippen molar-refractivity contribution in [3.05, 3.63) is 32.7 Å². The Morgan fingerprint density at radius 3 is 2.29 bits per heavy atom. The Balaban J connectivity index is 1.88. The third kappa shape index (κ3) is 7.66. The fourth-order valence-corrected chi connectivity index (χ4v) is 5.35. The molecule has 1 heterocycles. The molecule has 1 aromatic heterocycles. The van der Waals surface area contributed by atoms with Crippen molar-refractivity contribution in [3.8, 4) is 0 Å². The van der Waals surface area contributed by atoms with Gasteiger partial charge in [0.25, 0.3) is 11.5 Å². The summed E-state index contributed by atoms with van der Waals surface area (Å²) in [7, 11) is 6.09. The van der Waals surface area contributed by atoms with Gasteiger partial charge in [0.15, 0.2) is 0 Å². The highest BCUT2D eigenvalue weighted by Crippen LogP contribution is 2.31. The second-order valence-corrected chi connectivity index (χ2v) is 12.1. The predicted molar refractivity (Wildman–Crippen MR) is 139 cm³/mol. The van der Waals surface area contributed by atoms with Gasteiger partial charge in [-0.1, -0.05) is 44.9 Å². The van der Waals surface area contributed by atoms with Crippen LogP contribution in [0.25, 0.3) is 0 Å². The maximum atomic E-state index is 13.6. The smallest absolute Gasteiger partial charge is 0.331 e. The number of pyridine rings is 1. The van der Waals surface area contributed by atoms with Crippen molar-refractivity contribution in [1.29, 1.82) is 0 Å². The first-order valence-corrected chi connectivity index (χ1v) is 13.5. The average Bonchev–Trinajstić information content (AvgIpc) is 2.74. The van der Waals surface area contributed by atoms with Crippen LogP contribution in [0.2, 0.25) is 0 Å². The van der Waals surface area contributed by atoms with E-state index in [2.05, 4.69) is 10.3 Å². The van der Waals surface area contributed by atoms with E-state index in [1.165, 1.54) is 37.7 Å². The molecule has 0 saturated heterocycles. The lowest BCUT2D eigenvalue weighted by atomic mass is 9.81. The van der Waals surface area contributed by atoms with E-state index in [1.807, 2.05) is 21.1 Å². The van der Waals surface area contributed by atoms with E-state index in [1.54, 1.807) is 13.8 Å². The molecule has 0 unspecified atom stereocenters. The lowest BCUT2D eigenvalue weighted by molar-refractivity contribution is -0.870. The Kier molecular flexibility index (Phi) is 9.19. The summed E-state index contributed by atoms with van der Waals surface area (Å²) >= 11 is 0. The van der Waals surface area contributed by atoms with Gasteiger partial charge in [-0.25, -0.2) is 4.79 Å². The van der Waals surface area contributed by atoms with Crippen molar-refractivity contribution in [3.63, 3.8) is 0 Å². The highest BCUT2D eigenvalue weighted by atomic mass is 16.5. The molecular weight excluding hydrogens is 442 g/mol. The molecule has 1 amide bonds. The van der Waals surface area contributed by atoms with Gasteiger partial charge in [0.2, 0.25) is 0 Å². The van der Waals surface area contributed by atoms with Crippen LogP contribution in [0.5, 0.6) is 0 Å². The number of aryl methyl sites for hydroxylation is 1. The summed E-state index contributed by atoms with van der Waals surface area (Å²) in [6.07, 6.45) is 13.0. The number of carbonyl (C=O) groups excluding carboxylic acids is 2. The average molecular weight is 489 g/mol. The maximum Gasteiger partial charge on any atom is 0.331 e. The highest BCUT2D eigenvalue weighted by Gasteiger charge is 2.34. The minimum Gasteiger partial charge on any atom is -0.458 e. The molecule has 0 radical (unpaired) electrons. The second kappa shape index (κ2) is 11.7. The van der Waals surface area contributed by atoms with Crippen LogP contribution in [0.3, 0.4) is 0 Å². The number of hydrogen-bond donors (Lipinski definition) is 2.